The Hall–Kier alpha value is -2.50. The molecular weight excluding hydrogens is 270 g/mol. The van der Waals surface area contributed by atoms with Gasteiger partial charge in [0.1, 0.15) is 11.9 Å². The fraction of sp³-hybridized carbons (Fsp3) is 0.333. The normalized spacial score (nSPS) is 14.1. The number of pyridine rings is 1. The van der Waals surface area contributed by atoms with Gasteiger partial charge in [-0.15, -0.1) is 0 Å². The second kappa shape index (κ2) is 5.87. The van der Waals surface area contributed by atoms with Crippen molar-refractivity contribution in [1.29, 1.82) is 0 Å². The predicted octanol–water partition coefficient (Wildman–Crippen LogP) is 2.63. The SMILES string of the molecule is O=C(O)c1ccncc1Oc1ncnc2c1CCCCC2. The molecule has 1 N–H and O–H groups in total. The Morgan fingerprint density at radius 1 is 1.19 bits per heavy atom. The molecule has 1 aliphatic rings. The van der Waals surface area contributed by atoms with Gasteiger partial charge in [0.05, 0.1) is 11.9 Å². The standard InChI is InChI=1S/C15H15N3O3/c19-15(20)11-6-7-16-8-13(11)21-14-10-4-2-1-3-5-12(10)17-9-18-14/h6-9H,1-5H2,(H,19,20). The van der Waals surface area contributed by atoms with E-state index in [0.717, 1.165) is 43.4 Å². The molecule has 1 aliphatic carbocycles. The van der Waals surface area contributed by atoms with E-state index in [0.29, 0.717) is 5.88 Å². The summed E-state index contributed by atoms with van der Waals surface area (Å²) in [6.07, 6.45) is 9.39. The van der Waals surface area contributed by atoms with Gasteiger partial charge in [-0.3, -0.25) is 4.98 Å². The number of carbonyl (C=O) groups is 1. The lowest BCUT2D eigenvalue weighted by molar-refractivity contribution is 0.0694. The van der Waals surface area contributed by atoms with Crippen molar-refractivity contribution in [2.24, 2.45) is 0 Å². The average molecular weight is 285 g/mol. The van der Waals surface area contributed by atoms with Crippen LogP contribution in [0.2, 0.25) is 0 Å². The molecule has 6 heteroatoms. The quantitative estimate of drug-likeness (QED) is 0.872. The molecule has 6 nitrogen and oxygen atoms in total. The topological polar surface area (TPSA) is 85.2 Å². The number of aryl methyl sites for hydroxylation is 1. The highest BCUT2D eigenvalue weighted by atomic mass is 16.5. The van der Waals surface area contributed by atoms with Crippen LogP contribution >= 0.6 is 0 Å². The van der Waals surface area contributed by atoms with Crippen LogP contribution in [-0.2, 0) is 12.8 Å². The summed E-state index contributed by atoms with van der Waals surface area (Å²) < 4.78 is 5.73. The van der Waals surface area contributed by atoms with E-state index in [4.69, 9.17) is 4.74 Å². The molecule has 0 bridgehead atoms. The molecule has 0 saturated carbocycles. The molecule has 2 aromatic heterocycles. The van der Waals surface area contributed by atoms with Crippen molar-refractivity contribution in [3.05, 3.63) is 41.6 Å². The van der Waals surface area contributed by atoms with Crippen LogP contribution in [0.5, 0.6) is 11.6 Å². The minimum absolute atomic E-state index is 0.0750. The van der Waals surface area contributed by atoms with Gasteiger partial charge in [0.25, 0.3) is 0 Å². The molecule has 0 unspecified atom stereocenters. The lowest BCUT2D eigenvalue weighted by Crippen LogP contribution is -2.05. The van der Waals surface area contributed by atoms with Gasteiger partial charge >= 0.3 is 5.97 Å². The van der Waals surface area contributed by atoms with Gasteiger partial charge in [-0.1, -0.05) is 6.42 Å². The van der Waals surface area contributed by atoms with Crippen molar-refractivity contribution in [2.45, 2.75) is 32.1 Å². The maximum Gasteiger partial charge on any atom is 0.339 e. The van der Waals surface area contributed by atoms with Crippen LogP contribution in [0.1, 0.15) is 40.9 Å². The molecule has 0 spiro atoms. The summed E-state index contributed by atoms with van der Waals surface area (Å²) in [5.74, 6) is -0.403. The zero-order chi connectivity index (χ0) is 14.7. The summed E-state index contributed by atoms with van der Waals surface area (Å²) in [4.78, 5) is 23.6. The molecule has 0 fully saturated rings. The van der Waals surface area contributed by atoms with Crippen LogP contribution in [0.4, 0.5) is 0 Å². The van der Waals surface area contributed by atoms with Gasteiger partial charge in [0, 0.05) is 11.8 Å². The fourth-order valence-electron chi connectivity index (χ4n) is 2.50. The van der Waals surface area contributed by atoms with E-state index in [9.17, 15) is 9.90 Å². The van der Waals surface area contributed by atoms with Gasteiger partial charge < -0.3 is 9.84 Å². The van der Waals surface area contributed by atoms with E-state index in [-0.39, 0.29) is 11.3 Å². The van der Waals surface area contributed by atoms with Crippen molar-refractivity contribution < 1.29 is 14.6 Å². The number of carboxylic acids is 1. The van der Waals surface area contributed by atoms with Crippen molar-refractivity contribution >= 4 is 5.97 Å². The van der Waals surface area contributed by atoms with Crippen molar-refractivity contribution in [3.63, 3.8) is 0 Å². The first kappa shape index (κ1) is 13.5. The summed E-state index contributed by atoms with van der Waals surface area (Å²) >= 11 is 0. The number of hydrogen-bond acceptors (Lipinski definition) is 5. The second-order valence-electron chi connectivity index (χ2n) is 4.94. The third kappa shape index (κ3) is 2.84. The number of ether oxygens (including phenoxy) is 1. The molecule has 0 atom stereocenters. The molecule has 0 amide bonds. The number of aromatic carboxylic acids is 1. The molecule has 0 aliphatic heterocycles. The number of nitrogens with zero attached hydrogens (tertiary/aromatic N) is 3. The van der Waals surface area contributed by atoms with Crippen LogP contribution in [0, 0.1) is 0 Å². The average Bonchev–Trinajstić information content (AvgIpc) is 2.74. The van der Waals surface area contributed by atoms with Gasteiger partial charge in [-0.2, -0.15) is 0 Å². The van der Waals surface area contributed by atoms with E-state index in [1.54, 1.807) is 0 Å². The summed E-state index contributed by atoms with van der Waals surface area (Å²) in [6, 6.07) is 1.41. The Morgan fingerprint density at radius 2 is 2.05 bits per heavy atom. The number of carboxylic acid groups (broad SMARTS) is 1. The molecule has 0 saturated heterocycles. The number of hydrogen-bond donors (Lipinski definition) is 1. The lowest BCUT2D eigenvalue weighted by atomic mass is 10.1. The lowest BCUT2D eigenvalue weighted by Gasteiger charge is -2.12. The third-order valence-electron chi connectivity index (χ3n) is 3.56. The summed E-state index contributed by atoms with van der Waals surface area (Å²) in [6.45, 7) is 0. The molecule has 2 heterocycles. The van der Waals surface area contributed by atoms with Gasteiger partial charge in [0.15, 0.2) is 5.75 Å². The van der Waals surface area contributed by atoms with E-state index in [1.807, 2.05) is 0 Å². The number of aromatic nitrogens is 3. The highest BCUT2D eigenvalue weighted by Crippen LogP contribution is 2.30. The smallest absolute Gasteiger partial charge is 0.339 e. The van der Waals surface area contributed by atoms with Crippen LogP contribution in [-0.4, -0.2) is 26.0 Å². The van der Waals surface area contributed by atoms with Gasteiger partial charge in [-0.05, 0) is 31.7 Å². The maximum absolute atomic E-state index is 11.2. The Morgan fingerprint density at radius 3 is 2.90 bits per heavy atom. The largest absolute Gasteiger partial charge is 0.478 e. The molecule has 108 valence electrons. The zero-order valence-corrected chi connectivity index (χ0v) is 11.5. The van der Waals surface area contributed by atoms with Crippen molar-refractivity contribution in [1.82, 2.24) is 15.0 Å². The zero-order valence-electron chi connectivity index (χ0n) is 11.5. The van der Waals surface area contributed by atoms with E-state index in [2.05, 4.69) is 15.0 Å². The molecule has 2 aromatic rings. The Bertz CT molecular complexity index is 673. The van der Waals surface area contributed by atoms with E-state index < -0.39 is 5.97 Å². The Labute approximate surface area is 121 Å². The monoisotopic (exact) mass is 285 g/mol. The third-order valence-corrected chi connectivity index (χ3v) is 3.56. The minimum Gasteiger partial charge on any atom is -0.478 e. The van der Waals surface area contributed by atoms with E-state index in [1.165, 1.54) is 24.8 Å². The minimum atomic E-state index is -1.05. The highest BCUT2D eigenvalue weighted by Gasteiger charge is 2.18. The predicted molar refractivity (Wildman–Crippen MR) is 74.6 cm³/mol. The molecule has 21 heavy (non-hydrogen) atoms. The van der Waals surface area contributed by atoms with Crippen LogP contribution in [0.3, 0.4) is 0 Å². The Balaban J connectivity index is 1.98. The van der Waals surface area contributed by atoms with Gasteiger partial charge in [-0.25, -0.2) is 14.8 Å². The van der Waals surface area contributed by atoms with Crippen LogP contribution in [0.15, 0.2) is 24.8 Å². The second-order valence-corrected chi connectivity index (χ2v) is 4.94. The van der Waals surface area contributed by atoms with Crippen LogP contribution in [0.25, 0.3) is 0 Å². The Kier molecular flexibility index (Phi) is 3.77. The summed E-state index contributed by atoms with van der Waals surface area (Å²) in [5.41, 5.74) is 2.06. The number of rotatable bonds is 3. The summed E-state index contributed by atoms with van der Waals surface area (Å²) in [7, 11) is 0. The molecular formula is C15H15N3O3. The summed E-state index contributed by atoms with van der Waals surface area (Å²) in [5, 5.41) is 9.19. The first-order valence-corrected chi connectivity index (χ1v) is 6.93. The van der Waals surface area contributed by atoms with Crippen molar-refractivity contribution in [3.8, 4) is 11.6 Å². The first-order chi connectivity index (χ1) is 10.3. The number of fused-ring (bicyclic) bond motifs is 1. The highest BCUT2D eigenvalue weighted by molar-refractivity contribution is 5.90. The van der Waals surface area contributed by atoms with Gasteiger partial charge in [0.2, 0.25) is 5.88 Å². The first-order valence-electron chi connectivity index (χ1n) is 6.93. The molecule has 0 radical (unpaired) electrons. The maximum atomic E-state index is 11.2. The molecule has 0 aromatic carbocycles. The molecule has 3 rings (SSSR count). The van der Waals surface area contributed by atoms with Crippen LogP contribution < -0.4 is 4.74 Å². The van der Waals surface area contributed by atoms with E-state index >= 15 is 0 Å². The fourth-order valence-corrected chi connectivity index (χ4v) is 2.50. The van der Waals surface area contributed by atoms with Crippen molar-refractivity contribution in [2.75, 3.05) is 0 Å².